The van der Waals surface area contributed by atoms with Crippen LogP contribution in [0, 0.1) is 0 Å². The molecule has 0 saturated carbocycles. The summed E-state index contributed by atoms with van der Waals surface area (Å²) in [6.07, 6.45) is -1.31. The smallest absolute Gasteiger partial charge is 0.450 e. The van der Waals surface area contributed by atoms with Crippen molar-refractivity contribution in [3.8, 4) is 0 Å². The Kier molecular flexibility index (Phi) is 7.27. The van der Waals surface area contributed by atoms with E-state index in [1.54, 1.807) is 4.90 Å². The fourth-order valence-corrected chi connectivity index (χ4v) is 0.880. The van der Waals surface area contributed by atoms with Crippen molar-refractivity contribution in [3.05, 3.63) is 0 Å². The third kappa shape index (κ3) is 7.51. The van der Waals surface area contributed by atoms with E-state index in [0.717, 1.165) is 0 Å². The maximum Gasteiger partial charge on any atom is 0.505 e. The molecule has 0 aromatic heterocycles. The highest BCUT2D eigenvalue weighted by molar-refractivity contribution is 5.56. The summed E-state index contributed by atoms with van der Waals surface area (Å²) in [7, 11) is 0. The van der Waals surface area contributed by atoms with Crippen molar-refractivity contribution in [2.75, 3.05) is 39.5 Å². The van der Waals surface area contributed by atoms with Gasteiger partial charge >= 0.3 is 6.16 Å². The molecule has 0 fully saturated rings. The van der Waals surface area contributed by atoms with Gasteiger partial charge in [0.1, 0.15) is 6.61 Å². The van der Waals surface area contributed by atoms with Crippen molar-refractivity contribution in [1.29, 1.82) is 0 Å². The third-order valence-corrected chi connectivity index (χ3v) is 1.47. The maximum atomic E-state index is 9.96. The van der Waals surface area contributed by atoms with Crippen molar-refractivity contribution < 1.29 is 24.9 Å². The van der Waals surface area contributed by atoms with Gasteiger partial charge in [0.05, 0.1) is 13.2 Å². The van der Waals surface area contributed by atoms with Gasteiger partial charge in [-0.25, -0.2) is 4.79 Å². The average Bonchev–Trinajstić information content (AvgIpc) is 2.04. The van der Waals surface area contributed by atoms with Crippen LogP contribution in [-0.4, -0.2) is 65.8 Å². The molecule has 0 amide bonds. The monoisotopic (exact) mass is 193 g/mol. The molecule has 0 bridgehead atoms. The molecule has 0 aromatic carbocycles. The molecule has 0 spiro atoms. The number of rotatable bonds is 7. The Hall–Kier alpha value is -0.850. The van der Waals surface area contributed by atoms with E-state index in [-0.39, 0.29) is 19.8 Å². The average molecular weight is 193 g/mol. The highest BCUT2D eigenvalue weighted by Gasteiger charge is 2.04. The van der Waals surface area contributed by atoms with Crippen LogP contribution < -0.4 is 0 Å². The number of hydrogen-bond donors (Lipinski definition) is 3. The molecular formula is C7H15NO5. The Morgan fingerprint density at radius 1 is 1.15 bits per heavy atom. The second kappa shape index (κ2) is 7.78. The van der Waals surface area contributed by atoms with Crippen LogP contribution in [0.3, 0.4) is 0 Å². The fourth-order valence-electron chi connectivity index (χ4n) is 0.880. The molecule has 13 heavy (non-hydrogen) atoms. The molecule has 0 unspecified atom stereocenters. The molecule has 0 aliphatic carbocycles. The first-order valence-corrected chi connectivity index (χ1v) is 4.00. The normalized spacial score (nSPS) is 10.4. The lowest BCUT2D eigenvalue weighted by Gasteiger charge is -2.18. The summed E-state index contributed by atoms with van der Waals surface area (Å²) < 4.78 is 4.28. The summed E-state index contributed by atoms with van der Waals surface area (Å²) in [6.45, 7) is 1.20. The molecule has 6 heteroatoms. The van der Waals surface area contributed by atoms with E-state index in [9.17, 15) is 4.79 Å². The first-order valence-electron chi connectivity index (χ1n) is 4.00. The molecule has 0 atom stereocenters. The van der Waals surface area contributed by atoms with Crippen LogP contribution >= 0.6 is 0 Å². The van der Waals surface area contributed by atoms with Crippen LogP contribution in [0.1, 0.15) is 0 Å². The largest absolute Gasteiger partial charge is 0.505 e. The molecule has 0 radical (unpaired) electrons. The van der Waals surface area contributed by atoms with E-state index < -0.39 is 6.16 Å². The van der Waals surface area contributed by atoms with E-state index in [4.69, 9.17) is 15.3 Å². The molecule has 6 nitrogen and oxygen atoms in total. The molecule has 78 valence electrons. The summed E-state index contributed by atoms with van der Waals surface area (Å²) in [5, 5.41) is 25.3. The Labute approximate surface area is 76.3 Å². The second-order valence-corrected chi connectivity index (χ2v) is 2.40. The van der Waals surface area contributed by atoms with E-state index >= 15 is 0 Å². The van der Waals surface area contributed by atoms with Crippen molar-refractivity contribution in [2.45, 2.75) is 0 Å². The zero-order valence-corrected chi connectivity index (χ0v) is 7.35. The maximum absolute atomic E-state index is 9.96. The van der Waals surface area contributed by atoms with Gasteiger partial charge in [-0.15, -0.1) is 0 Å². The summed E-state index contributed by atoms with van der Waals surface area (Å²) in [6, 6.07) is 0. The molecular weight excluding hydrogens is 178 g/mol. The van der Waals surface area contributed by atoms with Crippen LogP contribution in [0.15, 0.2) is 0 Å². The number of nitrogens with zero attached hydrogens (tertiary/aromatic N) is 1. The van der Waals surface area contributed by atoms with Gasteiger partial charge in [0.2, 0.25) is 0 Å². The van der Waals surface area contributed by atoms with Crippen molar-refractivity contribution in [3.63, 3.8) is 0 Å². The highest BCUT2D eigenvalue weighted by Crippen LogP contribution is 1.87. The van der Waals surface area contributed by atoms with Gasteiger partial charge in [-0.1, -0.05) is 0 Å². The lowest BCUT2D eigenvalue weighted by molar-refractivity contribution is 0.0738. The molecule has 0 saturated heterocycles. The summed E-state index contributed by atoms with van der Waals surface area (Å²) in [5.74, 6) is 0. The minimum atomic E-state index is -1.31. The van der Waals surface area contributed by atoms with Crippen molar-refractivity contribution in [1.82, 2.24) is 4.90 Å². The van der Waals surface area contributed by atoms with Crippen LogP contribution in [0.2, 0.25) is 0 Å². The van der Waals surface area contributed by atoms with E-state index in [0.29, 0.717) is 19.6 Å². The Morgan fingerprint density at radius 3 is 2.08 bits per heavy atom. The van der Waals surface area contributed by atoms with Crippen LogP contribution in [0.5, 0.6) is 0 Å². The number of carboxylic acid groups (broad SMARTS) is 1. The fraction of sp³-hybridized carbons (Fsp3) is 0.857. The molecule has 0 aliphatic rings. The first-order chi connectivity index (χ1) is 6.20. The molecule has 0 aliphatic heterocycles. The number of aliphatic hydroxyl groups is 2. The SMILES string of the molecule is O=C(O)OCCN(CCO)CCO. The minimum absolute atomic E-state index is 0.0208. The third-order valence-electron chi connectivity index (χ3n) is 1.47. The second-order valence-electron chi connectivity index (χ2n) is 2.40. The van der Waals surface area contributed by atoms with Crippen LogP contribution in [0.25, 0.3) is 0 Å². The standard InChI is InChI=1S/C7H15NO5/c9-4-1-8(2-5-10)3-6-13-7(11)12/h9-10H,1-6H2,(H,11,12). The highest BCUT2D eigenvalue weighted by atomic mass is 16.7. The lowest BCUT2D eigenvalue weighted by atomic mass is 10.4. The van der Waals surface area contributed by atoms with Crippen LogP contribution in [0.4, 0.5) is 4.79 Å². The van der Waals surface area contributed by atoms with E-state index in [1.165, 1.54) is 0 Å². The number of ether oxygens (including phenoxy) is 1. The van der Waals surface area contributed by atoms with Crippen molar-refractivity contribution in [2.24, 2.45) is 0 Å². The Balaban J connectivity index is 3.49. The van der Waals surface area contributed by atoms with Gasteiger partial charge in [-0.05, 0) is 0 Å². The van der Waals surface area contributed by atoms with Crippen LogP contribution in [-0.2, 0) is 4.74 Å². The summed E-state index contributed by atoms with van der Waals surface area (Å²) in [5.41, 5.74) is 0. The van der Waals surface area contributed by atoms with Gasteiger partial charge < -0.3 is 20.1 Å². The zero-order chi connectivity index (χ0) is 10.1. The number of carbonyl (C=O) groups is 1. The zero-order valence-electron chi connectivity index (χ0n) is 7.35. The van der Waals surface area contributed by atoms with E-state index in [2.05, 4.69) is 4.74 Å². The van der Waals surface area contributed by atoms with Crippen molar-refractivity contribution >= 4 is 6.16 Å². The number of aliphatic hydroxyl groups excluding tert-OH is 2. The first kappa shape index (κ1) is 12.2. The van der Waals surface area contributed by atoms with Gasteiger partial charge in [-0.2, -0.15) is 0 Å². The van der Waals surface area contributed by atoms with Gasteiger partial charge in [0.15, 0.2) is 0 Å². The number of hydrogen-bond acceptors (Lipinski definition) is 5. The van der Waals surface area contributed by atoms with Gasteiger partial charge in [0, 0.05) is 19.6 Å². The topological polar surface area (TPSA) is 90.2 Å². The molecule has 0 heterocycles. The van der Waals surface area contributed by atoms with Gasteiger partial charge in [0.25, 0.3) is 0 Å². The quantitative estimate of drug-likeness (QED) is 0.448. The summed E-state index contributed by atoms with van der Waals surface area (Å²) in [4.78, 5) is 11.7. The minimum Gasteiger partial charge on any atom is -0.450 e. The van der Waals surface area contributed by atoms with Gasteiger partial charge in [-0.3, -0.25) is 4.90 Å². The predicted molar refractivity (Wildman–Crippen MR) is 44.6 cm³/mol. The Bertz CT molecular complexity index is 135. The lowest BCUT2D eigenvalue weighted by Crippen LogP contribution is -2.33. The predicted octanol–water partition coefficient (Wildman–Crippen LogP) is -1.03. The molecule has 0 aromatic rings. The summed E-state index contributed by atoms with van der Waals surface area (Å²) >= 11 is 0. The van der Waals surface area contributed by atoms with E-state index in [1.807, 2.05) is 0 Å². The molecule has 0 rings (SSSR count). The Morgan fingerprint density at radius 2 is 1.69 bits per heavy atom. The molecule has 3 N–H and O–H groups in total.